The number of furan rings is 1. The van der Waals surface area contributed by atoms with E-state index in [0.717, 1.165) is 6.42 Å². The Morgan fingerprint density at radius 2 is 2.35 bits per heavy atom. The Morgan fingerprint density at radius 3 is 2.94 bits per heavy atom. The summed E-state index contributed by atoms with van der Waals surface area (Å²) in [5.41, 5.74) is 0. The molecule has 0 bridgehead atoms. The van der Waals surface area contributed by atoms with E-state index in [0.29, 0.717) is 13.2 Å². The second-order valence-electron chi connectivity index (χ2n) is 3.82. The molecule has 6 nitrogen and oxygen atoms in total. The molecule has 2 rings (SSSR count). The number of hydroxylamine groups is 2. The molecular weight excluding hydrogens is 224 g/mol. The van der Waals surface area contributed by atoms with Gasteiger partial charge < -0.3 is 9.32 Å². The third-order valence-corrected chi connectivity index (χ3v) is 2.48. The molecule has 0 radical (unpaired) electrons. The average molecular weight is 238 g/mol. The normalized spacial score (nSPS) is 15.0. The Labute approximate surface area is 98.7 Å². The summed E-state index contributed by atoms with van der Waals surface area (Å²) in [6.45, 7) is 1.13. The van der Waals surface area contributed by atoms with Crippen molar-refractivity contribution in [3.05, 3.63) is 24.2 Å². The van der Waals surface area contributed by atoms with Crippen molar-refractivity contribution >= 4 is 11.8 Å². The first kappa shape index (κ1) is 11.7. The van der Waals surface area contributed by atoms with Gasteiger partial charge in [0.1, 0.15) is 6.54 Å². The average Bonchev–Trinajstić information content (AvgIpc) is 3.00. The molecule has 6 heteroatoms. The molecule has 1 aromatic heterocycles. The second kappa shape index (κ2) is 5.01. The van der Waals surface area contributed by atoms with E-state index in [9.17, 15) is 9.59 Å². The maximum Gasteiger partial charge on any atom is 0.289 e. The highest BCUT2D eigenvalue weighted by molar-refractivity contribution is 5.93. The van der Waals surface area contributed by atoms with Gasteiger partial charge in [0, 0.05) is 7.05 Å². The van der Waals surface area contributed by atoms with Crippen LogP contribution in [0.1, 0.15) is 17.0 Å². The molecule has 92 valence electrons. The van der Waals surface area contributed by atoms with Crippen molar-refractivity contribution in [3.63, 3.8) is 0 Å². The lowest BCUT2D eigenvalue weighted by molar-refractivity contribution is -0.169. The molecule has 0 aliphatic carbocycles. The van der Waals surface area contributed by atoms with E-state index in [1.807, 2.05) is 0 Å². The number of hydrogen-bond donors (Lipinski definition) is 0. The number of likely N-dealkylation sites (N-methyl/N-ethyl adjacent to an activating group) is 1. The summed E-state index contributed by atoms with van der Waals surface area (Å²) < 4.78 is 4.98. The molecule has 0 N–H and O–H groups in total. The lowest BCUT2D eigenvalue weighted by Crippen LogP contribution is -2.39. The van der Waals surface area contributed by atoms with Crippen LogP contribution in [0.25, 0.3) is 0 Å². The van der Waals surface area contributed by atoms with Crippen molar-refractivity contribution in [2.45, 2.75) is 6.42 Å². The summed E-state index contributed by atoms with van der Waals surface area (Å²) >= 11 is 0. The van der Waals surface area contributed by atoms with Gasteiger partial charge in [-0.3, -0.25) is 14.4 Å². The van der Waals surface area contributed by atoms with E-state index < -0.39 is 0 Å². The van der Waals surface area contributed by atoms with E-state index >= 15 is 0 Å². The first-order valence-electron chi connectivity index (χ1n) is 5.41. The van der Waals surface area contributed by atoms with Crippen molar-refractivity contribution in [2.75, 3.05) is 26.7 Å². The number of carbonyl (C=O) groups excluding carboxylic acids is 2. The van der Waals surface area contributed by atoms with Crippen LogP contribution in [0.15, 0.2) is 22.8 Å². The van der Waals surface area contributed by atoms with Crippen LogP contribution in [-0.4, -0.2) is 48.5 Å². The molecule has 2 heterocycles. The van der Waals surface area contributed by atoms with Gasteiger partial charge in [0.15, 0.2) is 5.76 Å². The minimum absolute atomic E-state index is 0.0144. The van der Waals surface area contributed by atoms with E-state index in [1.54, 1.807) is 19.2 Å². The Morgan fingerprint density at radius 1 is 1.53 bits per heavy atom. The number of rotatable bonds is 3. The Balaban J connectivity index is 1.90. The predicted octanol–water partition coefficient (Wildman–Crippen LogP) is 0.515. The SMILES string of the molecule is CN(CC(=O)N1CCCO1)C(=O)c1ccco1. The molecule has 2 amide bonds. The summed E-state index contributed by atoms with van der Waals surface area (Å²) in [4.78, 5) is 29.9. The topological polar surface area (TPSA) is 63.0 Å². The van der Waals surface area contributed by atoms with Crippen molar-refractivity contribution < 1.29 is 18.8 Å². The molecule has 0 aromatic carbocycles. The number of amides is 2. The number of carbonyl (C=O) groups is 2. The van der Waals surface area contributed by atoms with Gasteiger partial charge >= 0.3 is 0 Å². The van der Waals surface area contributed by atoms with Crippen molar-refractivity contribution in [1.82, 2.24) is 9.96 Å². The highest BCUT2D eigenvalue weighted by atomic mass is 16.7. The van der Waals surface area contributed by atoms with Gasteiger partial charge in [0.05, 0.1) is 19.4 Å². The van der Waals surface area contributed by atoms with E-state index in [2.05, 4.69) is 0 Å². The Bertz CT molecular complexity index is 396. The van der Waals surface area contributed by atoms with E-state index in [4.69, 9.17) is 9.25 Å². The smallest absolute Gasteiger partial charge is 0.289 e. The fourth-order valence-corrected chi connectivity index (χ4v) is 1.59. The minimum Gasteiger partial charge on any atom is -0.459 e. The quantitative estimate of drug-likeness (QED) is 0.770. The Kier molecular flexibility index (Phi) is 3.43. The van der Waals surface area contributed by atoms with Gasteiger partial charge in [-0.1, -0.05) is 0 Å². The summed E-state index contributed by atoms with van der Waals surface area (Å²) in [7, 11) is 1.55. The van der Waals surface area contributed by atoms with Gasteiger partial charge in [-0.05, 0) is 18.6 Å². The molecule has 0 saturated carbocycles. The second-order valence-corrected chi connectivity index (χ2v) is 3.82. The number of hydrogen-bond acceptors (Lipinski definition) is 4. The molecule has 1 fully saturated rings. The van der Waals surface area contributed by atoms with Gasteiger partial charge in [0.2, 0.25) is 0 Å². The van der Waals surface area contributed by atoms with E-state index in [-0.39, 0.29) is 24.1 Å². The summed E-state index contributed by atoms with van der Waals surface area (Å²) in [6, 6.07) is 3.20. The first-order valence-corrected chi connectivity index (χ1v) is 5.41. The highest BCUT2D eigenvalue weighted by Gasteiger charge is 2.23. The molecule has 1 aliphatic heterocycles. The van der Waals surface area contributed by atoms with Crippen LogP contribution in [0.3, 0.4) is 0 Å². The summed E-state index contributed by atoms with van der Waals surface area (Å²) in [5.74, 6) is -0.310. The van der Waals surface area contributed by atoms with Crippen LogP contribution in [0, 0.1) is 0 Å². The third-order valence-electron chi connectivity index (χ3n) is 2.48. The fourth-order valence-electron chi connectivity index (χ4n) is 1.59. The highest BCUT2D eigenvalue weighted by Crippen LogP contribution is 2.07. The zero-order valence-electron chi connectivity index (χ0n) is 9.59. The fraction of sp³-hybridized carbons (Fsp3) is 0.455. The van der Waals surface area contributed by atoms with Crippen LogP contribution >= 0.6 is 0 Å². The first-order chi connectivity index (χ1) is 8.18. The molecule has 0 spiro atoms. The Hall–Kier alpha value is -1.82. The van der Waals surface area contributed by atoms with Gasteiger partial charge in [0.25, 0.3) is 11.8 Å². The maximum absolute atomic E-state index is 11.8. The maximum atomic E-state index is 11.8. The predicted molar refractivity (Wildman–Crippen MR) is 58.0 cm³/mol. The van der Waals surface area contributed by atoms with Crippen LogP contribution in [0.4, 0.5) is 0 Å². The van der Waals surface area contributed by atoms with Crippen LogP contribution in [-0.2, 0) is 9.63 Å². The van der Waals surface area contributed by atoms with Crippen LogP contribution in [0.5, 0.6) is 0 Å². The third kappa shape index (κ3) is 2.65. The summed E-state index contributed by atoms with van der Waals surface area (Å²) in [6.07, 6.45) is 2.26. The molecular formula is C11H14N2O4. The molecule has 17 heavy (non-hydrogen) atoms. The largest absolute Gasteiger partial charge is 0.459 e. The van der Waals surface area contributed by atoms with Crippen molar-refractivity contribution in [3.8, 4) is 0 Å². The zero-order valence-corrected chi connectivity index (χ0v) is 9.59. The van der Waals surface area contributed by atoms with Gasteiger partial charge in [-0.25, -0.2) is 5.06 Å². The van der Waals surface area contributed by atoms with Crippen LogP contribution in [0.2, 0.25) is 0 Å². The molecule has 1 aromatic rings. The zero-order chi connectivity index (χ0) is 12.3. The monoisotopic (exact) mass is 238 g/mol. The standard InChI is InChI=1S/C11H14N2O4/c1-12(11(15)9-4-2-6-16-9)8-10(14)13-5-3-7-17-13/h2,4,6H,3,5,7-8H2,1H3. The molecule has 1 aliphatic rings. The van der Waals surface area contributed by atoms with Gasteiger partial charge in [-0.15, -0.1) is 0 Å². The molecule has 1 saturated heterocycles. The lowest BCUT2D eigenvalue weighted by Gasteiger charge is -2.19. The lowest BCUT2D eigenvalue weighted by atomic mass is 10.4. The number of nitrogens with zero attached hydrogens (tertiary/aromatic N) is 2. The molecule has 0 atom stereocenters. The van der Waals surface area contributed by atoms with Gasteiger partial charge in [-0.2, -0.15) is 0 Å². The summed E-state index contributed by atoms with van der Waals surface area (Å²) in [5, 5.41) is 1.30. The van der Waals surface area contributed by atoms with Crippen LogP contribution < -0.4 is 0 Å². The van der Waals surface area contributed by atoms with Crippen molar-refractivity contribution in [1.29, 1.82) is 0 Å². The van der Waals surface area contributed by atoms with E-state index in [1.165, 1.54) is 16.2 Å². The minimum atomic E-state index is -0.317. The molecule has 0 unspecified atom stereocenters. The van der Waals surface area contributed by atoms with Crippen molar-refractivity contribution in [2.24, 2.45) is 0 Å².